The third kappa shape index (κ3) is 2.24. The summed E-state index contributed by atoms with van der Waals surface area (Å²) in [5.41, 5.74) is 1.54. The molecule has 1 amide bonds. The molecule has 1 aromatic rings. The minimum Gasteiger partial charge on any atom is -0.373 e. The van der Waals surface area contributed by atoms with Gasteiger partial charge in [0.2, 0.25) is 5.91 Å². The second-order valence-electron chi connectivity index (χ2n) is 8.52. The highest BCUT2D eigenvalue weighted by atomic mass is 35.5. The summed E-state index contributed by atoms with van der Waals surface area (Å²) in [5, 5.41) is 4.08. The van der Waals surface area contributed by atoms with Gasteiger partial charge in [0.1, 0.15) is 0 Å². The first kappa shape index (κ1) is 16.4. The van der Waals surface area contributed by atoms with Crippen LogP contribution in [0.3, 0.4) is 0 Å². The molecule has 2 bridgehead atoms. The average molecular weight is 348 g/mol. The molecule has 2 aliphatic carbocycles. The summed E-state index contributed by atoms with van der Waals surface area (Å²) in [6.07, 6.45) is 3.57. The Hall–Kier alpha value is -1.06. The molecule has 1 N–H and O–H groups in total. The zero-order chi connectivity index (χ0) is 17.1. The Morgan fingerprint density at radius 1 is 1.29 bits per heavy atom. The first-order valence-electron chi connectivity index (χ1n) is 8.99. The van der Waals surface area contributed by atoms with Crippen LogP contribution >= 0.6 is 11.6 Å². The molecule has 24 heavy (non-hydrogen) atoms. The van der Waals surface area contributed by atoms with Gasteiger partial charge < -0.3 is 10.1 Å². The number of carbonyl (C=O) groups is 1. The monoisotopic (exact) mass is 347 g/mol. The molecule has 0 radical (unpaired) electrons. The molecule has 0 aromatic heterocycles. The molecule has 2 saturated carbocycles. The Labute approximate surface area is 149 Å². The van der Waals surface area contributed by atoms with Crippen LogP contribution in [-0.2, 0) is 9.53 Å². The normalized spacial score (nSPS) is 39.5. The highest BCUT2D eigenvalue weighted by Gasteiger charge is 2.68. The highest BCUT2D eigenvalue weighted by molar-refractivity contribution is 6.30. The van der Waals surface area contributed by atoms with Gasteiger partial charge in [-0.3, -0.25) is 4.79 Å². The molecule has 3 aliphatic rings. The van der Waals surface area contributed by atoms with Crippen LogP contribution < -0.4 is 5.32 Å². The maximum absolute atomic E-state index is 11.9. The maximum Gasteiger partial charge on any atom is 0.217 e. The zero-order valence-electron chi connectivity index (χ0n) is 14.6. The molecular formula is C20H26ClNO2. The first-order chi connectivity index (χ1) is 11.3. The summed E-state index contributed by atoms with van der Waals surface area (Å²) in [5.74, 6) is 1.21. The van der Waals surface area contributed by atoms with Crippen molar-refractivity contribution in [3.63, 3.8) is 0 Å². The lowest BCUT2D eigenvalue weighted by Crippen LogP contribution is -2.58. The van der Waals surface area contributed by atoms with Crippen LogP contribution in [0.15, 0.2) is 24.3 Å². The second-order valence-corrected chi connectivity index (χ2v) is 8.96. The number of nitrogens with one attached hydrogen (secondary N) is 1. The molecule has 3 nitrogen and oxygen atoms in total. The number of amides is 1. The third-order valence-corrected chi connectivity index (χ3v) is 7.30. The van der Waals surface area contributed by atoms with Crippen molar-refractivity contribution in [2.24, 2.45) is 22.7 Å². The molecule has 4 rings (SSSR count). The molecule has 1 aromatic carbocycles. The van der Waals surface area contributed by atoms with Gasteiger partial charge in [0, 0.05) is 24.6 Å². The Balaban J connectivity index is 1.71. The number of rotatable bonds is 2. The van der Waals surface area contributed by atoms with Crippen molar-refractivity contribution in [3.05, 3.63) is 34.9 Å². The lowest BCUT2D eigenvalue weighted by Gasteiger charge is -2.53. The van der Waals surface area contributed by atoms with E-state index in [2.05, 4.69) is 31.3 Å². The van der Waals surface area contributed by atoms with Gasteiger partial charge >= 0.3 is 0 Å². The van der Waals surface area contributed by atoms with E-state index in [1.165, 1.54) is 18.4 Å². The lowest BCUT2D eigenvalue weighted by atomic mass is 9.59. The number of halogens is 1. The summed E-state index contributed by atoms with van der Waals surface area (Å²) in [6, 6.07) is 8.33. The van der Waals surface area contributed by atoms with E-state index in [1.807, 2.05) is 12.1 Å². The number of benzene rings is 1. The SMILES string of the molecule is CC(=O)N[C@H]1C(C)(C)[C@@H]2C[C@@H]3[C@@H](c4ccc(Cl)cc4)OCC[C@@]31C2. The third-order valence-electron chi connectivity index (χ3n) is 7.05. The number of ether oxygens (including phenoxy) is 1. The molecule has 0 unspecified atom stereocenters. The number of hydrogen-bond acceptors (Lipinski definition) is 2. The summed E-state index contributed by atoms with van der Waals surface area (Å²) >= 11 is 6.05. The fraction of sp³-hybridized carbons (Fsp3) is 0.650. The zero-order valence-corrected chi connectivity index (χ0v) is 15.4. The van der Waals surface area contributed by atoms with Gasteiger partial charge in [-0.25, -0.2) is 0 Å². The van der Waals surface area contributed by atoms with E-state index < -0.39 is 0 Å². The van der Waals surface area contributed by atoms with Gasteiger partial charge in [-0.1, -0.05) is 37.6 Å². The van der Waals surface area contributed by atoms with Gasteiger partial charge in [0.15, 0.2) is 0 Å². The molecule has 130 valence electrons. The van der Waals surface area contributed by atoms with Crippen molar-refractivity contribution >= 4 is 17.5 Å². The number of fused-ring (bicyclic) bond motifs is 1. The van der Waals surface area contributed by atoms with E-state index >= 15 is 0 Å². The van der Waals surface area contributed by atoms with Gasteiger partial charge in [0.25, 0.3) is 0 Å². The smallest absolute Gasteiger partial charge is 0.217 e. The van der Waals surface area contributed by atoms with Gasteiger partial charge in [-0.15, -0.1) is 0 Å². The summed E-state index contributed by atoms with van der Waals surface area (Å²) in [6.45, 7) is 7.07. The minimum absolute atomic E-state index is 0.0864. The summed E-state index contributed by atoms with van der Waals surface area (Å²) < 4.78 is 6.23. The van der Waals surface area contributed by atoms with Crippen LogP contribution in [0, 0.1) is 22.7 Å². The Bertz CT molecular complexity index is 656. The molecule has 1 spiro atoms. The van der Waals surface area contributed by atoms with Crippen LogP contribution in [-0.4, -0.2) is 18.6 Å². The van der Waals surface area contributed by atoms with Crippen molar-refractivity contribution < 1.29 is 9.53 Å². The number of carbonyl (C=O) groups excluding carboxylic acids is 1. The van der Waals surface area contributed by atoms with Crippen LogP contribution in [0.2, 0.25) is 5.02 Å². The van der Waals surface area contributed by atoms with E-state index in [9.17, 15) is 4.79 Å². The Morgan fingerprint density at radius 2 is 2.00 bits per heavy atom. The molecule has 1 aliphatic heterocycles. The predicted octanol–water partition coefficient (Wildman–Crippen LogP) is 4.36. The largest absolute Gasteiger partial charge is 0.373 e. The van der Waals surface area contributed by atoms with E-state index in [0.717, 1.165) is 18.1 Å². The lowest BCUT2D eigenvalue weighted by molar-refractivity contribution is -0.135. The van der Waals surface area contributed by atoms with Crippen molar-refractivity contribution in [2.75, 3.05) is 6.61 Å². The number of hydrogen-bond donors (Lipinski definition) is 1. The predicted molar refractivity (Wildman–Crippen MR) is 94.8 cm³/mol. The van der Waals surface area contributed by atoms with Crippen LogP contribution in [0.4, 0.5) is 0 Å². The Kier molecular flexibility index (Phi) is 3.74. The quantitative estimate of drug-likeness (QED) is 0.863. The van der Waals surface area contributed by atoms with Crippen LogP contribution in [0.5, 0.6) is 0 Å². The average Bonchev–Trinajstić information content (AvgIpc) is 3.01. The fourth-order valence-electron chi connectivity index (χ4n) is 5.97. The maximum atomic E-state index is 11.9. The Morgan fingerprint density at radius 3 is 2.67 bits per heavy atom. The topological polar surface area (TPSA) is 38.3 Å². The van der Waals surface area contributed by atoms with E-state index in [0.29, 0.717) is 11.8 Å². The summed E-state index contributed by atoms with van der Waals surface area (Å²) in [7, 11) is 0. The van der Waals surface area contributed by atoms with Crippen molar-refractivity contribution in [2.45, 2.75) is 52.2 Å². The molecule has 4 heteroatoms. The van der Waals surface area contributed by atoms with Crippen molar-refractivity contribution in [1.29, 1.82) is 0 Å². The molecule has 1 saturated heterocycles. The van der Waals surface area contributed by atoms with Gasteiger partial charge in [0.05, 0.1) is 6.10 Å². The van der Waals surface area contributed by atoms with Crippen LogP contribution in [0.25, 0.3) is 0 Å². The van der Waals surface area contributed by atoms with Crippen molar-refractivity contribution in [3.8, 4) is 0 Å². The molecule has 3 fully saturated rings. The van der Waals surface area contributed by atoms with E-state index in [-0.39, 0.29) is 28.9 Å². The van der Waals surface area contributed by atoms with Gasteiger partial charge in [-0.05, 0) is 59.6 Å². The van der Waals surface area contributed by atoms with E-state index in [4.69, 9.17) is 16.3 Å². The van der Waals surface area contributed by atoms with Crippen LogP contribution in [0.1, 0.15) is 51.7 Å². The summed E-state index contributed by atoms with van der Waals surface area (Å²) in [4.78, 5) is 11.9. The first-order valence-corrected chi connectivity index (χ1v) is 9.36. The van der Waals surface area contributed by atoms with E-state index in [1.54, 1.807) is 6.92 Å². The second kappa shape index (κ2) is 5.47. The molecular weight excluding hydrogens is 322 g/mol. The molecule has 5 atom stereocenters. The highest BCUT2D eigenvalue weighted by Crippen LogP contribution is 2.70. The fourth-order valence-corrected chi connectivity index (χ4v) is 6.10. The van der Waals surface area contributed by atoms with Crippen molar-refractivity contribution in [1.82, 2.24) is 5.32 Å². The standard InChI is InChI=1S/C20H26ClNO2/c1-12(23)22-18-19(2,3)14-10-16-17(13-4-6-15(21)7-5-13)24-9-8-20(16,18)11-14/h4-7,14,16-18H,8-11H2,1-3H3,(H,22,23)/t14-,16-,17-,18+,20-/m1/s1. The minimum atomic E-state index is 0.0864. The molecule has 1 heterocycles. The van der Waals surface area contributed by atoms with Gasteiger partial charge in [-0.2, -0.15) is 0 Å².